The van der Waals surface area contributed by atoms with E-state index in [-0.39, 0.29) is 5.56 Å². The van der Waals surface area contributed by atoms with Crippen LogP contribution in [0, 0.1) is 29.9 Å². The van der Waals surface area contributed by atoms with E-state index < -0.39 is 11.6 Å². The molecule has 0 atom stereocenters. The summed E-state index contributed by atoms with van der Waals surface area (Å²) in [7, 11) is 0. The van der Waals surface area contributed by atoms with Crippen LogP contribution >= 0.6 is 0 Å². The van der Waals surface area contributed by atoms with Gasteiger partial charge < -0.3 is 0 Å². The lowest BCUT2D eigenvalue weighted by Gasteiger charge is -2.07. The van der Waals surface area contributed by atoms with Gasteiger partial charge >= 0.3 is 0 Å². The van der Waals surface area contributed by atoms with Crippen molar-refractivity contribution in [3.8, 4) is 17.2 Å². The molecule has 0 radical (unpaired) electrons. The minimum atomic E-state index is -1.02. The molecule has 0 unspecified atom stereocenters. The number of nitrogens with zero attached hydrogens (tertiary/aromatic N) is 2. The predicted octanol–water partition coefficient (Wildman–Crippen LogP) is 3.21. The smallest absolute Gasteiger partial charge is 0.160 e. The Morgan fingerprint density at radius 3 is 2.53 bits per heavy atom. The van der Waals surface area contributed by atoms with E-state index in [1.54, 1.807) is 12.3 Å². The van der Waals surface area contributed by atoms with Crippen LogP contribution < -0.4 is 0 Å². The molecule has 0 spiro atoms. The second kappa shape index (κ2) is 4.30. The molecule has 0 aliphatic heterocycles. The zero-order valence-corrected chi connectivity index (χ0v) is 9.04. The van der Waals surface area contributed by atoms with Crippen LogP contribution in [0.5, 0.6) is 0 Å². The molecule has 0 amide bonds. The summed E-state index contributed by atoms with van der Waals surface area (Å²) in [5.74, 6) is -1.99. The first-order valence-electron chi connectivity index (χ1n) is 4.93. The molecule has 17 heavy (non-hydrogen) atoms. The van der Waals surface area contributed by atoms with Gasteiger partial charge in [0.05, 0.1) is 11.6 Å². The number of hydrogen-bond acceptors (Lipinski definition) is 2. The average Bonchev–Trinajstić information content (AvgIpc) is 2.33. The highest BCUT2D eigenvalue weighted by molar-refractivity contribution is 5.72. The van der Waals surface area contributed by atoms with Crippen LogP contribution in [0.25, 0.3) is 11.1 Å². The van der Waals surface area contributed by atoms with Gasteiger partial charge in [0.1, 0.15) is 0 Å². The first-order valence-corrected chi connectivity index (χ1v) is 4.93. The molecule has 1 heterocycles. The third-order valence-electron chi connectivity index (χ3n) is 2.51. The summed E-state index contributed by atoms with van der Waals surface area (Å²) in [4.78, 5) is 3.92. The summed E-state index contributed by atoms with van der Waals surface area (Å²) in [6, 6.07) is 5.53. The van der Waals surface area contributed by atoms with Crippen molar-refractivity contribution < 1.29 is 8.78 Å². The largest absolute Gasteiger partial charge is 0.264 e. The maximum absolute atomic E-state index is 13.2. The Morgan fingerprint density at radius 1 is 1.18 bits per heavy atom. The van der Waals surface area contributed by atoms with Crippen LogP contribution in [-0.2, 0) is 0 Å². The quantitative estimate of drug-likeness (QED) is 0.754. The fourth-order valence-corrected chi connectivity index (χ4v) is 1.61. The normalized spacial score (nSPS) is 10.0. The Balaban J connectivity index is 2.72. The Morgan fingerprint density at radius 2 is 1.88 bits per heavy atom. The van der Waals surface area contributed by atoms with Crippen molar-refractivity contribution in [2.24, 2.45) is 0 Å². The van der Waals surface area contributed by atoms with E-state index in [9.17, 15) is 8.78 Å². The van der Waals surface area contributed by atoms with Crippen LogP contribution in [0.1, 0.15) is 11.1 Å². The summed E-state index contributed by atoms with van der Waals surface area (Å²) in [5.41, 5.74) is 1.93. The third kappa shape index (κ3) is 2.00. The SMILES string of the molecule is Cc1ccncc1-c1cc(F)c(F)cc1C#N. The third-order valence-corrected chi connectivity index (χ3v) is 2.51. The summed E-state index contributed by atoms with van der Waals surface area (Å²) >= 11 is 0. The van der Waals surface area contributed by atoms with Gasteiger partial charge in [0.2, 0.25) is 0 Å². The maximum Gasteiger partial charge on any atom is 0.160 e. The molecule has 0 saturated carbocycles. The Labute approximate surface area is 97.2 Å². The Kier molecular flexibility index (Phi) is 2.84. The topological polar surface area (TPSA) is 36.7 Å². The lowest BCUT2D eigenvalue weighted by molar-refractivity contribution is 0.508. The first kappa shape index (κ1) is 11.2. The van der Waals surface area contributed by atoms with Gasteiger partial charge in [-0.1, -0.05) is 0 Å². The zero-order valence-electron chi connectivity index (χ0n) is 9.04. The second-order valence-electron chi connectivity index (χ2n) is 3.61. The number of nitriles is 1. The minimum Gasteiger partial charge on any atom is -0.264 e. The molecule has 1 aromatic heterocycles. The van der Waals surface area contributed by atoms with Crippen molar-refractivity contribution in [3.05, 3.63) is 53.4 Å². The van der Waals surface area contributed by atoms with Crippen LogP contribution in [0.4, 0.5) is 8.78 Å². The molecule has 4 heteroatoms. The lowest BCUT2D eigenvalue weighted by Crippen LogP contribution is -1.93. The second-order valence-corrected chi connectivity index (χ2v) is 3.61. The van der Waals surface area contributed by atoms with Gasteiger partial charge in [-0.05, 0) is 30.7 Å². The van der Waals surface area contributed by atoms with Gasteiger partial charge in [-0.3, -0.25) is 4.98 Å². The Bertz CT molecular complexity index is 615. The van der Waals surface area contributed by atoms with Crippen molar-refractivity contribution in [1.82, 2.24) is 4.98 Å². The highest BCUT2D eigenvalue weighted by Gasteiger charge is 2.12. The summed E-state index contributed by atoms with van der Waals surface area (Å²) < 4.78 is 26.2. The van der Waals surface area contributed by atoms with Gasteiger partial charge in [-0.15, -0.1) is 0 Å². The molecule has 1 aromatic carbocycles. The summed E-state index contributed by atoms with van der Waals surface area (Å²) in [6.45, 7) is 1.82. The highest BCUT2D eigenvalue weighted by Crippen LogP contribution is 2.27. The fourth-order valence-electron chi connectivity index (χ4n) is 1.61. The number of aryl methyl sites for hydroxylation is 1. The van der Waals surface area contributed by atoms with Crippen molar-refractivity contribution in [2.75, 3.05) is 0 Å². The van der Waals surface area contributed by atoms with Crippen LogP contribution in [-0.4, -0.2) is 4.98 Å². The molecule has 2 aromatic rings. The van der Waals surface area contributed by atoms with E-state index >= 15 is 0 Å². The van der Waals surface area contributed by atoms with Gasteiger partial charge in [-0.2, -0.15) is 5.26 Å². The molecule has 0 aliphatic carbocycles. The highest BCUT2D eigenvalue weighted by atomic mass is 19.2. The van der Waals surface area contributed by atoms with Gasteiger partial charge in [0.15, 0.2) is 11.6 Å². The molecule has 0 fully saturated rings. The molecule has 0 bridgehead atoms. The molecule has 84 valence electrons. The van der Waals surface area contributed by atoms with E-state index in [1.165, 1.54) is 6.20 Å². The minimum absolute atomic E-state index is 0.0972. The van der Waals surface area contributed by atoms with Crippen LogP contribution in [0.3, 0.4) is 0 Å². The molecular weight excluding hydrogens is 222 g/mol. The van der Waals surface area contributed by atoms with Gasteiger partial charge in [-0.25, -0.2) is 8.78 Å². The van der Waals surface area contributed by atoms with E-state index in [2.05, 4.69) is 4.98 Å². The number of aromatic nitrogens is 1. The van der Waals surface area contributed by atoms with Crippen molar-refractivity contribution in [3.63, 3.8) is 0 Å². The molecule has 0 saturated heterocycles. The summed E-state index contributed by atoms with van der Waals surface area (Å²) in [5, 5.41) is 8.93. The number of pyridine rings is 1. The van der Waals surface area contributed by atoms with E-state index in [1.807, 2.05) is 13.0 Å². The molecule has 2 nitrogen and oxygen atoms in total. The predicted molar refractivity (Wildman–Crippen MR) is 59.0 cm³/mol. The number of hydrogen-bond donors (Lipinski definition) is 0. The fraction of sp³-hybridized carbons (Fsp3) is 0.0769. The van der Waals surface area contributed by atoms with Crippen molar-refractivity contribution in [2.45, 2.75) is 6.92 Å². The number of rotatable bonds is 1. The monoisotopic (exact) mass is 230 g/mol. The van der Waals surface area contributed by atoms with Crippen molar-refractivity contribution in [1.29, 1.82) is 5.26 Å². The van der Waals surface area contributed by atoms with Gasteiger partial charge in [0, 0.05) is 23.5 Å². The van der Waals surface area contributed by atoms with E-state index in [0.717, 1.165) is 17.7 Å². The maximum atomic E-state index is 13.2. The lowest BCUT2D eigenvalue weighted by atomic mass is 9.98. The molecule has 0 N–H and O–H groups in total. The van der Waals surface area contributed by atoms with Crippen LogP contribution in [0.2, 0.25) is 0 Å². The average molecular weight is 230 g/mol. The zero-order chi connectivity index (χ0) is 12.4. The Hall–Kier alpha value is -2.28. The standard InChI is InChI=1S/C13H8F2N2/c1-8-2-3-17-7-11(8)10-5-13(15)12(14)4-9(10)6-16/h2-5,7H,1H3. The van der Waals surface area contributed by atoms with Crippen LogP contribution in [0.15, 0.2) is 30.6 Å². The summed E-state index contributed by atoms with van der Waals surface area (Å²) in [6.07, 6.45) is 3.13. The number of halogens is 2. The molecule has 2 rings (SSSR count). The first-order chi connectivity index (χ1) is 8.13. The van der Waals surface area contributed by atoms with Gasteiger partial charge in [0.25, 0.3) is 0 Å². The van der Waals surface area contributed by atoms with E-state index in [4.69, 9.17) is 5.26 Å². The molecule has 0 aliphatic rings. The van der Waals surface area contributed by atoms with Crippen molar-refractivity contribution >= 4 is 0 Å². The van der Waals surface area contributed by atoms with E-state index in [0.29, 0.717) is 11.1 Å². The molecular formula is C13H8F2N2. The number of benzene rings is 1.